The van der Waals surface area contributed by atoms with E-state index in [0.717, 1.165) is 6.42 Å². The van der Waals surface area contributed by atoms with Gasteiger partial charge in [0, 0.05) is 11.0 Å². The number of nitrogens with zero attached hydrogens (tertiary/aromatic N) is 3. The Bertz CT molecular complexity index is 516. The fourth-order valence-corrected chi connectivity index (χ4v) is 2.01. The van der Waals surface area contributed by atoms with E-state index in [9.17, 15) is 8.78 Å². The van der Waals surface area contributed by atoms with Crippen molar-refractivity contribution < 1.29 is 8.78 Å². The van der Waals surface area contributed by atoms with Crippen LogP contribution in [0, 0.1) is 11.6 Å². The van der Waals surface area contributed by atoms with Crippen LogP contribution < -0.4 is 0 Å². The molecule has 1 heterocycles. The molecule has 0 bridgehead atoms. The van der Waals surface area contributed by atoms with Crippen LogP contribution in [0.5, 0.6) is 0 Å². The summed E-state index contributed by atoms with van der Waals surface area (Å²) in [5.41, 5.74) is -0.140. The lowest BCUT2D eigenvalue weighted by Crippen LogP contribution is -2.02. The van der Waals surface area contributed by atoms with E-state index in [1.807, 2.05) is 6.92 Å². The minimum absolute atomic E-state index is 0.140. The van der Waals surface area contributed by atoms with Crippen molar-refractivity contribution in [3.05, 3.63) is 34.6 Å². The molecular formula is C11H10BrF2N3. The number of halogens is 3. The van der Waals surface area contributed by atoms with Crippen molar-refractivity contribution in [3.8, 4) is 11.4 Å². The predicted molar refractivity (Wildman–Crippen MR) is 63.4 cm³/mol. The molecule has 0 fully saturated rings. The van der Waals surface area contributed by atoms with Gasteiger partial charge < -0.3 is 4.57 Å². The zero-order valence-electron chi connectivity index (χ0n) is 9.12. The van der Waals surface area contributed by atoms with Crippen molar-refractivity contribution >= 4 is 15.9 Å². The van der Waals surface area contributed by atoms with Crippen LogP contribution >= 0.6 is 15.9 Å². The number of benzene rings is 1. The topological polar surface area (TPSA) is 30.7 Å². The molecule has 0 saturated heterocycles. The minimum atomic E-state index is -0.651. The van der Waals surface area contributed by atoms with Crippen LogP contribution in [0.1, 0.15) is 13.3 Å². The molecule has 1 aromatic carbocycles. The van der Waals surface area contributed by atoms with Gasteiger partial charge in [0.05, 0.1) is 5.56 Å². The quantitative estimate of drug-likeness (QED) is 0.870. The summed E-state index contributed by atoms with van der Waals surface area (Å²) in [6.45, 7) is 2.59. The third-order valence-corrected chi connectivity index (χ3v) is 2.77. The van der Waals surface area contributed by atoms with Gasteiger partial charge in [0.25, 0.3) is 0 Å². The van der Waals surface area contributed by atoms with E-state index in [4.69, 9.17) is 0 Å². The molecule has 0 unspecified atom stereocenters. The van der Waals surface area contributed by atoms with E-state index in [-0.39, 0.29) is 11.4 Å². The smallest absolute Gasteiger partial charge is 0.169 e. The normalized spacial score (nSPS) is 10.8. The third-order valence-electron chi connectivity index (χ3n) is 2.31. The first-order valence-electron chi connectivity index (χ1n) is 5.16. The lowest BCUT2D eigenvalue weighted by atomic mass is 10.2. The predicted octanol–water partition coefficient (Wildman–Crippen LogP) is 3.40. The van der Waals surface area contributed by atoms with Gasteiger partial charge in [-0.2, -0.15) is 0 Å². The van der Waals surface area contributed by atoms with Gasteiger partial charge in [-0.15, -0.1) is 10.2 Å². The third kappa shape index (κ3) is 2.36. The van der Waals surface area contributed by atoms with E-state index < -0.39 is 11.6 Å². The Morgan fingerprint density at radius 1 is 1.29 bits per heavy atom. The van der Waals surface area contributed by atoms with Gasteiger partial charge in [-0.05, 0) is 18.6 Å². The lowest BCUT2D eigenvalue weighted by molar-refractivity contribution is 0.580. The SMILES string of the molecule is CCCn1cnnc1-c1c(F)cc(Br)cc1F. The molecular weight excluding hydrogens is 292 g/mol. The fourth-order valence-electron chi connectivity index (χ4n) is 1.61. The summed E-state index contributed by atoms with van der Waals surface area (Å²) in [5.74, 6) is -1.08. The standard InChI is InChI=1S/C11H10BrF2N3/c1-2-3-17-6-15-16-11(17)10-8(13)4-7(12)5-9(10)14/h4-6H,2-3H2,1H3. The Hall–Kier alpha value is -1.30. The van der Waals surface area contributed by atoms with Crippen LogP contribution in [-0.4, -0.2) is 14.8 Å². The van der Waals surface area contributed by atoms with Gasteiger partial charge in [-0.1, -0.05) is 22.9 Å². The zero-order chi connectivity index (χ0) is 12.4. The Balaban J connectivity index is 2.56. The molecule has 3 nitrogen and oxygen atoms in total. The first-order valence-corrected chi connectivity index (χ1v) is 5.95. The van der Waals surface area contributed by atoms with E-state index in [0.29, 0.717) is 11.0 Å². The molecule has 0 atom stereocenters. The van der Waals surface area contributed by atoms with E-state index in [1.54, 1.807) is 4.57 Å². The second-order valence-corrected chi connectivity index (χ2v) is 4.51. The Kier molecular flexibility index (Phi) is 3.51. The Morgan fingerprint density at radius 2 is 1.94 bits per heavy atom. The zero-order valence-corrected chi connectivity index (χ0v) is 10.7. The highest BCUT2D eigenvalue weighted by atomic mass is 79.9. The first kappa shape index (κ1) is 12.2. The van der Waals surface area contributed by atoms with Crippen molar-refractivity contribution in [2.24, 2.45) is 0 Å². The minimum Gasteiger partial charge on any atom is -0.313 e. The molecule has 6 heteroatoms. The van der Waals surface area contributed by atoms with Crippen molar-refractivity contribution in [1.29, 1.82) is 0 Å². The van der Waals surface area contributed by atoms with Crippen molar-refractivity contribution in [2.45, 2.75) is 19.9 Å². The molecule has 0 saturated carbocycles. The van der Waals surface area contributed by atoms with Gasteiger partial charge in [-0.25, -0.2) is 8.78 Å². The fraction of sp³-hybridized carbons (Fsp3) is 0.273. The second kappa shape index (κ2) is 4.91. The summed E-state index contributed by atoms with van der Waals surface area (Å²) >= 11 is 3.04. The maximum atomic E-state index is 13.7. The molecule has 1 aromatic heterocycles. The molecule has 90 valence electrons. The van der Waals surface area contributed by atoms with Crippen molar-refractivity contribution in [2.75, 3.05) is 0 Å². The highest BCUT2D eigenvalue weighted by molar-refractivity contribution is 9.10. The molecule has 0 radical (unpaired) electrons. The maximum Gasteiger partial charge on any atom is 0.169 e. The summed E-state index contributed by atoms with van der Waals surface area (Å²) in [7, 11) is 0. The molecule has 2 rings (SSSR count). The molecule has 0 amide bonds. The van der Waals surface area contributed by atoms with E-state index in [1.165, 1.54) is 18.5 Å². The van der Waals surface area contributed by atoms with Gasteiger partial charge in [0.2, 0.25) is 0 Å². The number of hydrogen-bond acceptors (Lipinski definition) is 2. The number of aryl methyl sites for hydroxylation is 1. The number of hydrogen-bond donors (Lipinski definition) is 0. The summed E-state index contributed by atoms with van der Waals surface area (Å²) in [6.07, 6.45) is 2.31. The van der Waals surface area contributed by atoms with Gasteiger partial charge in [-0.3, -0.25) is 0 Å². The number of aromatic nitrogens is 3. The van der Waals surface area contributed by atoms with Crippen LogP contribution in [0.4, 0.5) is 8.78 Å². The largest absolute Gasteiger partial charge is 0.313 e. The molecule has 2 aromatic rings. The maximum absolute atomic E-state index is 13.7. The average molecular weight is 302 g/mol. The van der Waals surface area contributed by atoms with Crippen molar-refractivity contribution in [1.82, 2.24) is 14.8 Å². The van der Waals surface area contributed by atoms with Crippen molar-refractivity contribution in [3.63, 3.8) is 0 Å². The van der Waals surface area contributed by atoms with Crippen LogP contribution in [0.3, 0.4) is 0 Å². The summed E-state index contributed by atoms with van der Waals surface area (Å²) in [5, 5.41) is 7.46. The lowest BCUT2D eigenvalue weighted by Gasteiger charge is -2.07. The molecule has 17 heavy (non-hydrogen) atoms. The van der Waals surface area contributed by atoms with Crippen LogP contribution in [0.2, 0.25) is 0 Å². The molecule has 0 N–H and O–H groups in total. The van der Waals surface area contributed by atoms with Gasteiger partial charge >= 0.3 is 0 Å². The number of rotatable bonds is 3. The van der Waals surface area contributed by atoms with Gasteiger partial charge in [0.1, 0.15) is 18.0 Å². The second-order valence-electron chi connectivity index (χ2n) is 3.59. The highest BCUT2D eigenvalue weighted by Gasteiger charge is 2.17. The summed E-state index contributed by atoms with van der Waals surface area (Å²) in [6, 6.07) is 2.42. The Morgan fingerprint density at radius 3 is 2.53 bits per heavy atom. The van der Waals surface area contributed by atoms with Crippen LogP contribution in [-0.2, 0) is 6.54 Å². The molecule has 0 spiro atoms. The van der Waals surface area contributed by atoms with Crippen LogP contribution in [0.15, 0.2) is 22.9 Å². The van der Waals surface area contributed by atoms with E-state index >= 15 is 0 Å². The van der Waals surface area contributed by atoms with E-state index in [2.05, 4.69) is 26.1 Å². The van der Waals surface area contributed by atoms with Crippen LogP contribution in [0.25, 0.3) is 11.4 Å². The molecule has 0 aliphatic rings. The average Bonchev–Trinajstić information content (AvgIpc) is 2.65. The first-order chi connectivity index (χ1) is 8.13. The molecule has 0 aliphatic heterocycles. The Labute approximate surface area is 106 Å². The highest BCUT2D eigenvalue weighted by Crippen LogP contribution is 2.27. The van der Waals surface area contributed by atoms with Gasteiger partial charge in [0.15, 0.2) is 5.82 Å². The molecule has 0 aliphatic carbocycles. The summed E-state index contributed by atoms with van der Waals surface area (Å²) in [4.78, 5) is 0. The monoisotopic (exact) mass is 301 g/mol. The summed E-state index contributed by atoms with van der Waals surface area (Å²) < 4.78 is 29.5.